The minimum atomic E-state index is -0.475. The molecule has 0 saturated carbocycles. The number of pyridine rings is 1. The van der Waals surface area contributed by atoms with E-state index in [4.69, 9.17) is 9.47 Å². The molecular formula is C41H55N3O6S2. The van der Waals surface area contributed by atoms with Crippen molar-refractivity contribution < 1.29 is 28.7 Å². The minimum absolute atomic E-state index is 0.112. The van der Waals surface area contributed by atoms with Gasteiger partial charge in [0.25, 0.3) is 11.8 Å². The maximum atomic E-state index is 13.5. The topological polar surface area (TPSA) is 124 Å². The van der Waals surface area contributed by atoms with Crippen molar-refractivity contribution in [2.45, 2.75) is 120 Å². The summed E-state index contributed by atoms with van der Waals surface area (Å²) in [5.41, 5.74) is 3.56. The molecule has 2 aliphatic rings. The molecule has 2 atom stereocenters. The van der Waals surface area contributed by atoms with Crippen molar-refractivity contribution in [2.75, 3.05) is 23.8 Å². The van der Waals surface area contributed by atoms with Gasteiger partial charge in [-0.15, -0.1) is 22.7 Å². The Labute approximate surface area is 316 Å². The number of hydrogen-bond donors (Lipinski definition) is 2. The largest absolute Gasteiger partial charge is 0.462 e. The number of aromatic nitrogens is 1. The van der Waals surface area contributed by atoms with Crippen LogP contribution in [0.25, 0.3) is 0 Å². The third kappa shape index (κ3) is 8.46. The summed E-state index contributed by atoms with van der Waals surface area (Å²) >= 11 is 2.90. The summed E-state index contributed by atoms with van der Waals surface area (Å²) in [5.74, 6) is -0.764. The lowest BCUT2D eigenvalue weighted by molar-refractivity contribution is 0.0495. The molecule has 0 bridgehead atoms. The van der Waals surface area contributed by atoms with Crippen molar-refractivity contribution in [3.63, 3.8) is 0 Å². The van der Waals surface area contributed by atoms with Gasteiger partial charge in [-0.1, -0.05) is 68.2 Å². The van der Waals surface area contributed by atoms with E-state index in [-0.39, 0.29) is 22.1 Å². The number of carbonyl (C=O) groups is 4. The zero-order valence-corrected chi connectivity index (χ0v) is 33.7. The third-order valence-electron chi connectivity index (χ3n) is 11.6. The number of anilines is 2. The molecule has 3 aromatic rings. The molecule has 0 fully saturated rings. The average Bonchev–Trinajstić information content (AvgIpc) is 3.69. The van der Waals surface area contributed by atoms with Gasteiger partial charge < -0.3 is 20.1 Å². The van der Waals surface area contributed by atoms with Crippen LogP contribution in [0.1, 0.15) is 156 Å². The number of amides is 2. The standard InChI is InChI=1S/C41H55N3O6S2/c1-9-19-49-38(47)32-27-16-14-25(40(5,6)11-3)21-30(27)51-36(32)43-34(45)24-13-18-29(42-23-24)35(46)44-37-33(39(48)50-20-10-2)28-17-15-26(22-31(28)52-37)41(7,8)12-4/h13,18,23,25-26H,9-12,14-17,19-22H2,1-8H3,(H,43,45)(H,44,46). The fraction of sp³-hybridized carbons (Fsp3) is 0.585. The van der Waals surface area contributed by atoms with Gasteiger partial charge >= 0.3 is 11.9 Å². The Bertz CT molecular complexity index is 1660. The Morgan fingerprint density at radius 3 is 1.60 bits per heavy atom. The maximum Gasteiger partial charge on any atom is 0.341 e. The smallest absolute Gasteiger partial charge is 0.341 e. The second-order valence-corrected chi connectivity index (χ2v) is 17.8. The molecular weight excluding hydrogens is 695 g/mol. The van der Waals surface area contributed by atoms with Gasteiger partial charge in [0.05, 0.1) is 29.9 Å². The number of fused-ring (bicyclic) bond motifs is 2. The van der Waals surface area contributed by atoms with Gasteiger partial charge in [0.1, 0.15) is 15.7 Å². The molecule has 2 N–H and O–H groups in total. The lowest BCUT2D eigenvalue weighted by Gasteiger charge is -2.36. The van der Waals surface area contributed by atoms with Crippen LogP contribution in [0.5, 0.6) is 0 Å². The summed E-state index contributed by atoms with van der Waals surface area (Å²) in [7, 11) is 0. The quantitative estimate of drug-likeness (QED) is 0.157. The average molecular weight is 750 g/mol. The van der Waals surface area contributed by atoms with E-state index in [0.717, 1.165) is 72.2 Å². The van der Waals surface area contributed by atoms with Crippen LogP contribution in [0.2, 0.25) is 0 Å². The molecule has 9 nitrogen and oxygen atoms in total. The van der Waals surface area contributed by atoms with Crippen molar-refractivity contribution in [2.24, 2.45) is 22.7 Å². The zero-order chi connectivity index (χ0) is 37.8. The van der Waals surface area contributed by atoms with Gasteiger partial charge in [-0.2, -0.15) is 0 Å². The SMILES string of the molecule is CCCOC(=O)c1c(NC(=O)c2ccc(C(=O)Nc3sc4c(c3C(=O)OCCC)CCC(C(C)(C)CC)C4)nc2)sc2c1CCC(C(C)(C)CC)C2. The van der Waals surface area contributed by atoms with Crippen molar-refractivity contribution in [3.05, 3.63) is 61.6 Å². The predicted molar refractivity (Wildman–Crippen MR) is 209 cm³/mol. The van der Waals surface area contributed by atoms with Crippen LogP contribution in [0.15, 0.2) is 18.3 Å². The zero-order valence-electron chi connectivity index (χ0n) is 32.1. The number of nitrogens with one attached hydrogen (secondary N) is 2. The highest BCUT2D eigenvalue weighted by molar-refractivity contribution is 7.17. The second kappa shape index (κ2) is 16.6. The van der Waals surface area contributed by atoms with Crippen molar-refractivity contribution >= 4 is 56.4 Å². The van der Waals surface area contributed by atoms with Crippen molar-refractivity contribution in [3.8, 4) is 0 Å². The molecule has 0 aliphatic heterocycles. The van der Waals surface area contributed by atoms with E-state index >= 15 is 0 Å². The molecule has 3 heterocycles. The Hall–Kier alpha value is -3.57. The number of nitrogens with zero attached hydrogens (tertiary/aromatic N) is 1. The highest BCUT2D eigenvalue weighted by Crippen LogP contribution is 2.47. The second-order valence-electron chi connectivity index (χ2n) is 15.6. The fourth-order valence-corrected chi connectivity index (χ4v) is 9.85. The van der Waals surface area contributed by atoms with Crippen LogP contribution in [-0.4, -0.2) is 42.0 Å². The van der Waals surface area contributed by atoms with E-state index in [9.17, 15) is 19.2 Å². The minimum Gasteiger partial charge on any atom is -0.462 e. The Morgan fingerprint density at radius 2 is 1.19 bits per heavy atom. The van der Waals surface area contributed by atoms with Gasteiger partial charge in [-0.25, -0.2) is 9.59 Å². The summed E-state index contributed by atoms with van der Waals surface area (Å²) < 4.78 is 11.1. The van der Waals surface area contributed by atoms with E-state index in [1.165, 1.54) is 34.9 Å². The first-order valence-corrected chi connectivity index (χ1v) is 20.6. The number of rotatable bonds is 14. The molecule has 0 spiro atoms. The lowest BCUT2D eigenvalue weighted by atomic mass is 9.69. The van der Waals surface area contributed by atoms with Crippen LogP contribution < -0.4 is 10.6 Å². The Balaban J connectivity index is 1.34. The highest BCUT2D eigenvalue weighted by atomic mass is 32.1. The van der Waals surface area contributed by atoms with Crippen LogP contribution >= 0.6 is 22.7 Å². The number of ether oxygens (including phenoxy) is 2. The summed E-state index contributed by atoms with van der Waals surface area (Å²) in [6, 6.07) is 3.05. The monoisotopic (exact) mass is 749 g/mol. The first kappa shape index (κ1) is 39.6. The lowest BCUT2D eigenvalue weighted by Crippen LogP contribution is -2.28. The van der Waals surface area contributed by atoms with E-state index in [1.54, 1.807) is 6.07 Å². The van der Waals surface area contributed by atoms with E-state index < -0.39 is 23.8 Å². The number of carbonyl (C=O) groups excluding carboxylic acids is 4. The van der Waals surface area contributed by atoms with Crippen LogP contribution in [-0.2, 0) is 35.2 Å². The number of thiophene rings is 2. The normalized spacial score (nSPS) is 17.2. The first-order chi connectivity index (χ1) is 24.7. The highest BCUT2D eigenvalue weighted by Gasteiger charge is 2.37. The number of esters is 2. The maximum absolute atomic E-state index is 13.5. The molecule has 0 aromatic carbocycles. The van der Waals surface area contributed by atoms with Gasteiger partial charge in [-0.3, -0.25) is 14.6 Å². The van der Waals surface area contributed by atoms with E-state index in [0.29, 0.717) is 59.0 Å². The van der Waals surface area contributed by atoms with Gasteiger partial charge in [0, 0.05) is 16.0 Å². The first-order valence-electron chi connectivity index (χ1n) is 19.0. The molecule has 3 aromatic heterocycles. The summed E-state index contributed by atoms with van der Waals surface area (Å²) in [6.07, 6.45) is 10.1. The predicted octanol–water partition coefficient (Wildman–Crippen LogP) is 9.92. The van der Waals surface area contributed by atoms with Crippen molar-refractivity contribution in [1.82, 2.24) is 4.98 Å². The molecule has 52 heavy (non-hydrogen) atoms. The summed E-state index contributed by atoms with van der Waals surface area (Å²) in [4.78, 5) is 60.2. The van der Waals surface area contributed by atoms with Crippen LogP contribution in [0.4, 0.5) is 10.0 Å². The molecule has 0 saturated heterocycles. The molecule has 282 valence electrons. The molecule has 0 radical (unpaired) electrons. The summed E-state index contributed by atoms with van der Waals surface area (Å²) in [5, 5.41) is 6.88. The fourth-order valence-electron chi connectivity index (χ4n) is 7.23. The van der Waals surface area contributed by atoms with Crippen molar-refractivity contribution in [1.29, 1.82) is 0 Å². The Morgan fingerprint density at radius 1 is 0.731 bits per heavy atom. The molecule has 11 heteroatoms. The van der Waals surface area contributed by atoms with Gasteiger partial charge in [0.15, 0.2) is 0 Å². The Kier molecular flexibility index (Phi) is 12.7. The van der Waals surface area contributed by atoms with Gasteiger partial charge in [-0.05, 0) is 97.3 Å². The molecule has 5 rings (SSSR count). The van der Waals surface area contributed by atoms with E-state index in [2.05, 4.69) is 57.2 Å². The van der Waals surface area contributed by atoms with E-state index in [1.807, 2.05) is 13.8 Å². The van der Waals surface area contributed by atoms with Gasteiger partial charge in [0.2, 0.25) is 0 Å². The molecule has 2 unspecified atom stereocenters. The molecule has 2 amide bonds. The number of hydrogen-bond acceptors (Lipinski definition) is 9. The third-order valence-corrected chi connectivity index (χ3v) is 13.9. The van der Waals surface area contributed by atoms with Crippen LogP contribution in [0.3, 0.4) is 0 Å². The van der Waals surface area contributed by atoms with Crippen LogP contribution in [0, 0.1) is 22.7 Å². The molecule has 2 aliphatic carbocycles. The summed E-state index contributed by atoms with van der Waals surface area (Å²) in [6.45, 7) is 18.1.